The number of carbonyl (C=O) groups excluding carboxylic acids is 2. The molecule has 0 saturated carbocycles. The minimum atomic E-state index is -0.436. The molecule has 0 unspecified atom stereocenters. The molecule has 0 heterocycles. The van der Waals surface area contributed by atoms with E-state index < -0.39 is 11.8 Å². The fraction of sp³-hybridized carbons (Fsp3) is 0.250. The standard InChI is InChI=1S/C20H23N3O4S/c1-13(2)14-4-10-17(11-5-14)27-12-18(24)22-23-20(28)21-19(25)15-6-8-16(26-3)9-7-15/h4-11,13H,12H2,1-3H3,(H,22,24)(H2,21,23,25,28). The lowest BCUT2D eigenvalue weighted by atomic mass is 10.0. The van der Waals surface area contributed by atoms with E-state index in [2.05, 4.69) is 30.0 Å². The van der Waals surface area contributed by atoms with Crippen LogP contribution in [0.15, 0.2) is 48.5 Å². The van der Waals surface area contributed by atoms with Gasteiger partial charge in [0.05, 0.1) is 7.11 Å². The second-order valence-electron chi connectivity index (χ2n) is 6.20. The van der Waals surface area contributed by atoms with E-state index in [-0.39, 0.29) is 11.7 Å². The molecule has 0 saturated heterocycles. The number of rotatable bonds is 6. The second-order valence-corrected chi connectivity index (χ2v) is 6.61. The van der Waals surface area contributed by atoms with Crippen molar-refractivity contribution in [2.24, 2.45) is 0 Å². The molecule has 0 radical (unpaired) electrons. The van der Waals surface area contributed by atoms with Crippen molar-refractivity contribution in [3.8, 4) is 11.5 Å². The zero-order valence-electron chi connectivity index (χ0n) is 15.9. The predicted octanol–water partition coefficient (Wildman–Crippen LogP) is 2.53. The molecule has 0 bridgehead atoms. The van der Waals surface area contributed by atoms with Gasteiger partial charge >= 0.3 is 0 Å². The van der Waals surface area contributed by atoms with Gasteiger partial charge in [0.25, 0.3) is 11.8 Å². The minimum absolute atomic E-state index is 0.0320. The fourth-order valence-electron chi connectivity index (χ4n) is 2.21. The largest absolute Gasteiger partial charge is 0.497 e. The third-order valence-electron chi connectivity index (χ3n) is 3.81. The van der Waals surface area contributed by atoms with Gasteiger partial charge in [-0.15, -0.1) is 0 Å². The number of methoxy groups -OCH3 is 1. The molecular formula is C20H23N3O4S. The molecular weight excluding hydrogens is 378 g/mol. The molecule has 0 atom stereocenters. The van der Waals surface area contributed by atoms with Crippen LogP contribution in [-0.2, 0) is 4.79 Å². The van der Waals surface area contributed by atoms with Crippen molar-refractivity contribution in [2.75, 3.05) is 13.7 Å². The topological polar surface area (TPSA) is 88.7 Å². The number of nitrogens with one attached hydrogen (secondary N) is 3. The lowest BCUT2D eigenvalue weighted by Crippen LogP contribution is -2.49. The number of amides is 2. The Morgan fingerprint density at radius 3 is 2.14 bits per heavy atom. The smallest absolute Gasteiger partial charge is 0.276 e. The molecule has 2 aromatic rings. The summed E-state index contributed by atoms with van der Waals surface area (Å²) in [5.41, 5.74) is 6.43. The lowest BCUT2D eigenvalue weighted by Gasteiger charge is -2.12. The molecule has 3 N–H and O–H groups in total. The Morgan fingerprint density at radius 2 is 1.57 bits per heavy atom. The van der Waals surface area contributed by atoms with Crippen molar-refractivity contribution in [3.05, 3.63) is 59.7 Å². The molecule has 28 heavy (non-hydrogen) atoms. The van der Waals surface area contributed by atoms with Gasteiger partial charge in [-0.3, -0.25) is 25.8 Å². The van der Waals surface area contributed by atoms with E-state index in [1.807, 2.05) is 24.3 Å². The highest BCUT2D eigenvalue weighted by Crippen LogP contribution is 2.18. The average molecular weight is 401 g/mol. The summed E-state index contributed by atoms with van der Waals surface area (Å²) in [5.74, 6) is 0.818. The maximum absolute atomic E-state index is 12.1. The van der Waals surface area contributed by atoms with Crippen LogP contribution in [0.4, 0.5) is 0 Å². The monoisotopic (exact) mass is 401 g/mol. The van der Waals surface area contributed by atoms with E-state index in [9.17, 15) is 9.59 Å². The molecule has 2 aromatic carbocycles. The number of benzene rings is 2. The Morgan fingerprint density at radius 1 is 0.964 bits per heavy atom. The van der Waals surface area contributed by atoms with E-state index in [4.69, 9.17) is 21.7 Å². The van der Waals surface area contributed by atoms with Gasteiger partial charge < -0.3 is 9.47 Å². The minimum Gasteiger partial charge on any atom is -0.497 e. The van der Waals surface area contributed by atoms with Crippen molar-refractivity contribution in [1.29, 1.82) is 0 Å². The molecule has 0 aliphatic rings. The number of thiocarbonyl (C=S) groups is 1. The predicted molar refractivity (Wildman–Crippen MR) is 110 cm³/mol. The van der Waals surface area contributed by atoms with Crippen molar-refractivity contribution in [3.63, 3.8) is 0 Å². The summed E-state index contributed by atoms with van der Waals surface area (Å²) in [6.07, 6.45) is 0. The quantitative estimate of drug-likeness (QED) is 0.509. The highest BCUT2D eigenvalue weighted by Gasteiger charge is 2.09. The Labute approximate surface area is 169 Å². The van der Waals surface area contributed by atoms with Crippen LogP contribution in [0.5, 0.6) is 11.5 Å². The fourth-order valence-corrected chi connectivity index (χ4v) is 2.35. The summed E-state index contributed by atoms with van der Waals surface area (Å²) < 4.78 is 10.4. The summed E-state index contributed by atoms with van der Waals surface area (Å²) >= 11 is 4.99. The first-order valence-electron chi connectivity index (χ1n) is 8.66. The molecule has 0 aliphatic heterocycles. The Kier molecular flexibility index (Phi) is 7.76. The Balaban J connectivity index is 1.72. The van der Waals surface area contributed by atoms with Gasteiger partial charge in [0.1, 0.15) is 11.5 Å². The lowest BCUT2D eigenvalue weighted by molar-refractivity contribution is -0.123. The molecule has 0 spiro atoms. The number of hydrazine groups is 1. The van der Waals surface area contributed by atoms with Crippen LogP contribution in [0.1, 0.15) is 35.7 Å². The van der Waals surface area contributed by atoms with E-state index in [1.54, 1.807) is 31.4 Å². The molecule has 148 valence electrons. The SMILES string of the molecule is COc1ccc(C(=O)NC(=S)NNC(=O)COc2ccc(C(C)C)cc2)cc1. The summed E-state index contributed by atoms with van der Waals surface area (Å²) in [7, 11) is 1.54. The Bertz CT molecular complexity index is 820. The molecule has 0 aliphatic carbocycles. The van der Waals surface area contributed by atoms with Crippen molar-refractivity contribution < 1.29 is 19.1 Å². The van der Waals surface area contributed by atoms with Crippen LogP contribution in [0.2, 0.25) is 0 Å². The average Bonchev–Trinajstić information content (AvgIpc) is 2.71. The van der Waals surface area contributed by atoms with Crippen LogP contribution < -0.4 is 25.6 Å². The first kappa shape index (κ1) is 21.2. The van der Waals surface area contributed by atoms with Crippen molar-refractivity contribution in [2.45, 2.75) is 19.8 Å². The zero-order chi connectivity index (χ0) is 20.5. The van der Waals surface area contributed by atoms with Crippen molar-refractivity contribution >= 4 is 29.1 Å². The van der Waals surface area contributed by atoms with Crippen LogP contribution >= 0.6 is 12.2 Å². The Hall–Kier alpha value is -3.13. The van der Waals surface area contributed by atoms with Gasteiger partial charge in [-0.05, 0) is 60.1 Å². The molecule has 0 aromatic heterocycles. The molecule has 0 fully saturated rings. The summed E-state index contributed by atoms with van der Waals surface area (Å²) in [6.45, 7) is 4.01. The molecule has 2 amide bonds. The van der Waals surface area contributed by atoms with E-state index in [0.29, 0.717) is 23.0 Å². The van der Waals surface area contributed by atoms with E-state index >= 15 is 0 Å². The van der Waals surface area contributed by atoms with Gasteiger partial charge in [0.2, 0.25) is 0 Å². The first-order chi connectivity index (χ1) is 13.4. The summed E-state index contributed by atoms with van der Waals surface area (Å²) in [6, 6.07) is 14.1. The third kappa shape index (κ3) is 6.55. The summed E-state index contributed by atoms with van der Waals surface area (Å²) in [4.78, 5) is 23.9. The number of ether oxygens (including phenoxy) is 2. The molecule has 8 heteroatoms. The van der Waals surface area contributed by atoms with E-state index in [0.717, 1.165) is 0 Å². The van der Waals surface area contributed by atoms with Crippen LogP contribution in [0, 0.1) is 0 Å². The molecule has 2 rings (SSSR count). The number of carbonyl (C=O) groups is 2. The van der Waals surface area contributed by atoms with Crippen LogP contribution in [0.25, 0.3) is 0 Å². The van der Waals surface area contributed by atoms with E-state index in [1.165, 1.54) is 5.56 Å². The van der Waals surface area contributed by atoms with Gasteiger partial charge in [0.15, 0.2) is 11.7 Å². The van der Waals surface area contributed by atoms with Crippen molar-refractivity contribution in [1.82, 2.24) is 16.2 Å². The van der Waals surface area contributed by atoms with Crippen LogP contribution in [0.3, 0.4) is 0 Å². The second kappa shape index (κ2) is 10.3. The maximum Gasteiger partial charge on any atom is 0.276 e. The number of hydrogen-bond acceptors (Lipinski definition) is 5. The van der Waals surface area contributed by atoms with Crippen LogP contribution in [-0.4, -0.2) is 30.6 Å². The maximum atomic E-state index is 12.1. The zero-order valence-corrected chi connectivity index (χ0v) is 16.8. The van der Waals surface area contributed by atoms with Gasteiger partial charge in [0, 0.05) is 5.56 Å². The third-order valence-corrected chi connectivity index (χ3v) is 4.02. The highest BCUT2D eigenvalue weighted by molar-refractivity contribution is 7.80. The summed E-state index contributed by atoms with van der Waals surface area (Å²) in [5, 5.41) is 2.43. The van der Waals surface area contributed by atoms with Gasteiger partial charge in [-0.1, -0.05) is 26.0 Å². The normalized spacial score (nSPS) is 10.1. The number of hydrogen-bond donors (Lipinski definition) is 3. The van der Waals surface area contributed by atoms with Gasteiger partial charge in [-0.2, -0.15) is 0 Å². The molecule has 7 nitrogen and oxygen atoms in total. The van der Waals surface area contributed by atoms with Gasteiger partial charge in [-0.25, -0.2) is 0 Å². The first-order valence-corrected chi connectivity index (χ1v) is 9.07. The highest BCUT2D eigenvalue weighted by atomic mass is 32.1.